The van der Waals surface area contributed by atoms with Gasteiger partial charge in [-0.3, -0.25) is 0 Å². The predicted octanol–water partition coefficient (Wildman–Crippen LogP) is 2.86. The summed E-state index contributed by atoms with van der Waals surface area (Å²) in [5, 5.41) is 17.6. The van der Waals surface area contributed by atoms with E-state index >= 15 is 0 Å². The van der Waals surface area contributed by atoms with Gasteiger partial charge in [-0.1, -0.05) is 18.2 Å². The van der Waals surface area contributed by atoms with Gasteiger partial charge in [0, 0.05) is 10.5 Å². The number of hydrogen-bond donors (Lipinski definition) is 1. The Balaban J connectivity index is 3.03. The fraction of sp³-hybridized carbons (Fsp3) is 0.222. The molecule has 0 aromatic heterocycles. The standard InChI is InChI=1S/C9H6F3NOS/c10-9(11,12)15-8-4-2-1-3-6(8)7(14)5-13/h1-4,7,14H. The fourth-order valence-corrected chi connectivity index (χ4v) is 1.69. The van der Waals surface area contributed by atoms with Crippen molar-refractivity contribution in [2.75, 3.05) is 0 Å². The highest BCUT2D eigenvalue weighted by molar-refractivity contribution is 8.00. The first kappa shape index (κ1) is 11.9. The molecule has 0 aliphatic rings. The number of hydrogen-bond acceptors (Lipinski definition) is 3. The number of halogens is 3. The Labute approximate surface area is 88.3 Å². The minimum atomic E-state index is -4.43. The third kappa shape index (κ3) is 3.46. The van der Waals surface area contributed by atoms with E-state index in [0.717, 1.165) is 0 Å². The topological polar surface area (TPSA) is 44.0 Å². The lowest BCUT2D eigenvalue weighted by Crippen LogP contribution is -2.03. The Kier molecular flexibility index (Phi) is 3.61. The van der Waals surface area contributed by atoms with Gasteiger partial charge in [-0.05, 0) is 17.8 Å². The van der Waals surface area contributed by atoms with Crippen LogP contribution in [0.3, 0.4) is 0 Å². The molecule has 80 valence electrons. The van der Waals surface area contributed by atoms with Crippen LogP contribution < -0.4 is 0 Å². The SMILES string of the molecule is N#CC(O)c1ccccc1SC(F)(F)F. The van der Waals surface area contributed by atoms with Gasteiger partial charge in [-0.2, -0.15) is 18.4 Å². The summed E-state index contributed by atoms with van der Waals surface area (Å²) < 4.78 is 36.3. The van der Waals surface area contributed by atoms with Crippen molar-refractivity contribution in [1.82, 2.24) is 0 Å². The molecule has 0 bridgehead atoms. The van der Waals surface area contributed by atoms with E-state index in [4.69, 9.17) is 10.4 Å². The monoisotopic (exact) mass is 233 g/mol. The van der Waals surface area contributed by atoms with Gasteiger partial charge in [0.2, 0.25) is 0 Å². The van der Waals surface area contributed by atoms with Crippen molar-refractivity contribution in [3.8, 4) is 6.07 Å². The van der Waals surface area contributed by atoms with Crippen LogP contribution in [0, 0.1) is 11.3 Å². The minimum absolute atomic E-state index is 0.0256. The molecule has 6 heteroatoms. The van der Waals surface area contributed by atoms with Crippen LogP contribution in [0.25, 0.3) is 0 Å². The maximum Gasteiger partial charge on any atom is 0.446 e. The molecule has 0 saturated heterocycles. The van der Waals surface area contributed by atoms with Crippen molar-refractivity contribution in [3.63, 3.8) is 0 Å². The van der Waals surface area contributed by atoms with E-state index < -0.39 is 11.6 Å². The van der Waals surface area contributed by atoms with Gasteiger partial charge in [0.15, 0.2) is 6.10 Å². The van der Waals surface area contributed by atoms with Crippen LogP contribution >= 0.6 is 11.8 Å². The maximum atomic E-state index is 12.1. The summed E-state index contributed by atoms with van der Waals surface area (Å²) >= 11 is -0.340. The molecule has 1 atom stereocenters. The van der Waals surface area contributed by atoms with Crippen LogP contribution in [-0.4, -0.2) is 10.6 Å². The van der Waals surface area contributed by atoms with Crippen molar-refractivity contribution < 1.29 is 18.3 Å². The largest absolute Gasteiger partial charge is 0.446 e. The van der Waals surface area contributed by atoms with Gasteiger partial charge in [0.05, 0.1) is 6.07 Å². The zero-order chi connectivity index (χ0) is 11.5. The molecule has 0 saturated carbocycles. The zero-order valence-corrected chi connectivity index (χ0v) is 8.14. The van der Waals surface area contributed by atoms with Gasteiger partial charge in [-0.15, -0.1) is 0 Å². The molecule has 0 aliphatic carbocycles. The fourth-order valence-electron chi connectivity index (χ4n) is 0.994. The van der Waals surface area contributed by atoms with E-state index in [-0.39, 0.29) is 22.2 Å². The lowest BCUT2D eigenvalue weighted by atomic mass is 10.1. The third-order valence-electron chi connectivity index (χ3n) is 1.56. The van der Waals surface area contributed by atoms with Gasteiger partial charge in [0.1, 0.15) is 0 Å². The van der Waals surface area contributed by atoms with E-state index in [0.29, 0.717) is 0 Å². The predicted molar refractivity (Wildman–Crippen MR) is 48.9 cm³/mol. The van der Waals surface area contributed by atoms with Crippen molar-refractivity contribution in [2.24, 2.45) is 0 Å². The van der Waals surface area contributed by atoms with Gasteiger partial charge >= 0.3 is 5.51 Å². The zero-order valence-electron chi connectivity index (χ0n) is 7.32. The van der Waals surface area contributed by atoms with Crippen molar-refractivity contribution in [2.45, 2.75) is 16.5 Å². The van der Waals surface area contributed by atoms with Crippen LogP contribution in [-0.2, 0) is 0 Å². The average molecular weight is 233 g/mol. The van der Waals surface area contributed by atoms with Crippen LogP contribution in [0.15, 0.2) is 29.2 Å². The first-order valence-electron chi connectivity index (χ1n) is 3.86. The Morgan fingerprint density at radius 1 is 1.33 bits per heavy atom. The molecule has 1 N–H and O–H groups in total. The summed E-state index contributed by atoms with van der Waals surface area (Å²) in [7, 11) is 0. The first-order valence-corrected chi connectivity index (χ1v) is 4.68. The molecule has 1 unspecified atom stereocenters. The molecule has 15 heavy (non-hydrogen) atoms. The summed E-state index contributed by atoms with van der Waals surface area (Å²) in [6.45, 7) is 0. The van der Waals surface area contributed by atoms with E-state index in [1.165, 1.54) is 30.3 Å². The van der Waals surface area contributed by atoms with Gasteiger partial charge < -0.3 is 5.11 Å². The second kappa shape index (κ2) is 4.55. The second-order valence-corrected chi connectivity index (χ2v) is 3.72. The summed E-state index contributed by atoms with van der Waals surface area (Å²) in [4.78, 5) is -0.154. The Morgan fingerprint density at radius 2 is 1.93 bits per heavy atom. The molecule has 1 aromatic rings. The number of nitriles is 1. The lowest BCUT2D eigenvalue weighted by molar-refractivity contribution is -0.0328. The molecular weight excluding hydrogens is 227 g/mol. The van der Waals surface area contributed by atoms with Gasteiger partial charge in [0.25, 0.3) is 0 Å². The highest BCUT2D eigenvalue weighted by Crippen LogP contribution is 2.39. The van der Waals surface area contributed by atoms with Gasteiger partial charge in [-0.25, -0.2) is 0 Å². The molecule has 0 aliphatic heterocycles. The molecule has 0 spiro atoms. The van der Waals surface area contributed by atoms with Crippen LogP contribution in [0.4, 0.5) is 13.2 Å². The summed E-state index contributed by atoms with van der Waals surface area (Å²) in [5.41, 5.74) is -4.45. The number of nitrogens with zero attached hydrogens (tertiary/aromatic N) is 1. The van der Waals surface area contributed by atoms with Crippen molar-refractivity contribution >= 4 is 11.8 Å². The van der Waals surface area contributed by atoms with E-state index in [9.17, 15) is 13.2 Å². The van der Waals surface area contributed by atoms with Crippen LogP contribution in [0.1, 0.15) is 11.7 Å². The minimum Gasteiger partial charge on any atom is -0.374 e. The van der Waals surface area contributed by atoms with E-state index in [1.54, 1.807) is 0 Å². The molecule has 0 heterocycles. The Hall–Kier alpha value is -1.19. The number of aliphatic hydroxyl groups is 1. The Morgan fingerprint density at radius 3 is 2.47 bits per heavy atom. The van der Waals surface area contributed by atoms with Crippen molar-refractivity contribution in [1.29, 1.82) is 5.26 Å². The van der Waals surface area contributed by atoms with Crippen LogP contribution in [0.2, 0.25) is 0 Å². The average Bonchev–Trinajstić information content (AvgIpc) is 2.15. The van der Waals surface area contributed by atoms with E-state index in [1.807, 2.05) is 0 Å². The summed E-state index contributed by atoms with van der Waals surface area (Å²) in [6.07, 6.45) is -1.53. The number of alkyl halides is 3. The van der Waals surface area contributed by atoms with E-state index in [2.05, 4.69) is 0 Å². The normalized spacial score (nSPS) is 13.3. The van der Waals surface area contributed by atoms with Crippen molar-refractivity contribution in [3.05, 3.63) is 29.8 Å². The molecule has 0 radical (unpaired) electrons. The smallest absolute Gasteiger partial charge is 0.374 e. The molecular formula is C9H6F3NOS. The Bertz CT molecular complexity index is 386. The molecule has 0 fully saturated rings. The summed E-state index contributed by atoms with van der Waals surface area (Å²) in [5.74, 6) is 0. The summed E-state index contributed by atoms with van der Waals surface area (Å²) in [6, 6.07) is 6.88. The molecule has 1 rings (SSSR count). The highest BCUT2D eigenvalue weighted by atomic mass is 32.2. The maximum absolute atomic E-state index is 12.1. The second-order valence-electron chi connectivity index (χ2n) is 2.62. The third-order valence-corrected chi connectivity index (χ3v) is 2.38. The number of aliphatic hydroxyl groups excluding tert-OH is 1. The number of benzene rings is 1. The highest BCUT2D eigenvalue weighted by Gasteiger charge is 2.31. The molecule has 1 aromatic carbocycles. The molecule has 2 nitrogen and oxygen atoms in total. The number of thioether (sulfide) groups is 1. The quantitative estimate of drug-likeness (QED) is 0.631. The first-order chi connectivity index (χ1) is 6.94. The number of rotatable bonds is 2. The molecule has 0 amide bonds. The lowest BCUT2D eigenvalue weighted by Gasteiger charge is -2.11. The van der Waals surface area contributed by atoms with Crippen LogP contribution in [0.5, 0.6) is 0 Å².